The molecular weight excluding hydrogens is 506 g/mol. The van der Waals surface area contributed by atoms with Gasteiger partial charge in [-0.25, -0.2) is 13.4 Å². The number of rotatable bonds is 8. The third-order valence-electron chi connectivity index (χ3n) is 6.98. The number of benzene rings is 2. The van der Waals surface area contributed by atoms with E-state index in [2.05, 4.69) is 0 Å². The molecule has 4 aromatic rings. The SMILES string of the molecule is CCN(C1CCCCC1)S(=O)(=O)c1ccc(C(=O)N(Cc2ccco2)c2nc3c(C)cccc3s2)cc1. The highest BCUT2D eigenvalue weighted by atomic mass is 32.2. The van der Waals surface area contributed by atoms with Gasteiger partial charge in [-0.2, -0.15) is 4.31 Å². The molecule has 0 unspecified atom stereocenters. The molecule has 7 nitrogen and oxygen atoms in total. The number of nitrogens with zero attached hydrogens (tertiary/aromatic N) is 3. The first-order valence-corrected chi connectivity index (χ1v) is 15.0. The number of hydrogen-bond donors (Lipinski definition) is 0. The van der Waals surface area contributed by atoms with Gasteiger partial charge in [0.2, 0.25) is 10.0 Å². The molecular formula is C28H31N3O4S2. The smallest absolute Gasteiger partial charge is 0.260 e. The molecule has 2 aromatic heterocycles. The van der Waals surface area contributed by atoms with Crippen molar-refractivity contribution >= 4 is 42.6 Å². The molecule has 0 spiro atoms. The Kier molecular flexibility index (Phi) is 7.46. The molecule has 1 aliphatic rings. The number of aromatic nitrogens is 1. The van der Waals surface area contributed by atoms with Crippen LogP contribution in [0.1, 0.15) is 60.7 Å². The van der Waals surface area contributed by atoms with Gasteiger partial charge in [-0.15, -0.1) is 0 Å². The van der Waals surface area contributed by atoms with Crippen LogP contribution in [0.5, 0.6) is 0 Å². The fraction of sp³-hybridized carbons (Fsp3) is 0.357. The van der Waals surface area contributed by atoms with Crippen molar-refractivity contribution in [2.45, 2.75) is 63.4 Å². The Labute approximate surface area is 221 Å². The summed E-state index contributed by atoms with van der Waals surface area (Å²) >= 11 is 1.44. The topological polar surface area (TPSA) is 83.7 Å². The first-order valence-electron chi connectivity index (χ1n) is 12.7. The third kappa shape index (κ3) is 5.21. The summed E-state index contributed by atoms with van der Waals surface area (Å²) in [4.78, 5) is 20.3. The summed E-state index contributed by atoms with van der Waals surface area (Å²) in [7, 11) is -3.65. The highest BCUT2D eigenvalue weighted by Crippen LogP contribution is 2.33. The van der Waals surface area contributed by atoms with Crippen LogP contribution in [0.15, 0.2) is 70.2 Å². The summed E-state index contributed by atoms with van der Waals surface area (Å²) in [6.07, 6.45) is 6.64. The number of aryl methyl sites for hydroxylation is 1. The number of carbonyl (C=O) groups is 1. The van der Waals surface area contributed by atoms with Crippen LogP contribution in [0.3, 0.4) is 0 Å². The monoisotopic (exact) mass is 537 g/mol. The van der Waals surface area contributed by atoms with E-state index >= 15 is 0 Å². The Balaban J connectivity index is 1.44. The number of furan rings is 1. The minimum Gasteiger partial charge on any atom is -0.467 e. The van der Waals surface area contributed by atoms with Crippen LogP contribution >= 0.6 is 11.3 Å². The van der Waals surface area contributed by atoms with E-state index in [1.165, 1.54) is 11.3 Å². The van der Waals surface area contributed by atoms with E-state index in [-0.39, 0.29) is 23.4 Å². The van der Waals surface area contributed by atoms with E-state index in [0.717, 1.165) is 47.9 Å². The maximum atomic E-state index is 13.7. The molecule has 2 heterocycles. The number of fused-ring (bicyclic) bond motifs is 1. The molecule has 9 heteroatoms. The Hall–Kier alpha value is -3.01. The van der Waals surface area contributed by atoms with E-state index in [1.807, 2.05) is 38.1 Å². The molecule has 2 aromatic carbocycles. The first kappa shape index (κ1) is 25.6. The lowest BCUT2D eigenvalue weighted by Gasteiger charge is -2.32. The molecule has 194 valence electrons. The predicted octanol–water partition coefficient (Wildman–Crippen LogP) is 6.39. The number of sulfonamides is 1. The highest BCUT2D eigenvalue weighted by Gasteiger charge is 2.31. The summed E-state index contributed by atoms with van der Waals surface area (Å²) in [5.41, 5.74) is 2.30. The fourth-order valence-corrected chi connectivity index (χ4v) is 7.76. The molecule has 0 aliphatic heterocycles. The van der Waals surface area contributed by atoms with E-state index in [4.69, 9.17) is 9.40 Å². The zero-order valence-electron chi connectivity index (χ0n) is 21.1. The maximum absolute atomic E-state index is 13.7. The van der Waals surface area contributed by atoms with E-state index in [9.17, 15) is 13.2 Å². The molecule has 5 rings (SSSR count). The molecule has 1 fully saturated rings. The number of para-hydroxylation sites is 1. The molecule has 0 saturated heterocycles. The zero-order chi connectivity index (χ0) is 26.0. The van der Waals surface area contributed by atoms with Crippen LogP contribution in [0.2, 0.25) is 0 Å². The fourth-order valence-electron chi connectivity index (χ4n) is 5.03. The van der Waals surface area contributed by atoms with Crippen LogP contribution in [-0.2, 0) is 16.6 Å². The van der Waals surface area contributed by atoms with Crippen LogP contribution < -0.4 is 4.90 Å². The molecule has 0 bridgehead atoms. The first-order chi connectivity index (χ1) is 17.9. The largest absolute Gasteiger partial charge is 0.467 e. The van der Waals surface area contributed by atoms with E-state index in [1.54, 1.807) is 45.8 Å². The average Bonchev–Trinajstić information content (AvgIpc) is 3.58. The Morgan fingerprint density at radius 3 is 2.46 bits per heavy atom. The highest BCUT2D eigenvalue weighted by molar-refractivity contribution is 7.89. The van der Waals surface area contributed by atoms with Gasteiger partial charge < -0.3 is 4.42 Å². The summed E-state index contributed by atoms with van der Waals surface area (Å²) in [6.45, 7) is 4.53. The van der Waals surface area contributed by atoms with Gasteiger partial charge in [0.25, 0.3) is 5.91 Å². The van der Waals surface area contributed by atoms with Crippen LogP contribution in [0.25, 0.3) is 10.2 Å². The molecule has 1 amide bonds. The normalized spacial score (nSPS) is 14.9. The molecule has 1 saturated carbocycles. The zero-order valence-corrected chi connectivity index (χ0v) is 22.7. The second kappa shape index (κ2) is 10.8. The van der Waals surface area contributed by atoms with Gasteiger partial charge in [0.15, 0.2) is 5.13 Å². The predicted molar refractivity (Wildman–Crippen MR) is 146 cm³/mol. The van der Waals surface area contributed by atoms with Gasteiger partial charge in [-0.3, -0.25) is 9.69 Å². The number of amides is 1. The van der Waals surface area contributed by atoms with Gasteiger partial charge >= 0.3 is 0 Å². The van der Waals surface area contributed by atoms with Crippen molar-refractivity contribution in [2.75, 3.05) is 11.4 Å². The summed E-state index contributed by atoms with van der Waals surface area (Å²) in [5.74, 6) is 0.367. The quantitative estimate of drug-likeness (QED) is 0.260. The van der Waals surface area contributed by atoms with Crippen LogP contribution in [0, 0.1) is 6.92 Å². The van der Waals surface area contributed by atoms with Crippen molar-refractivity contribution in [1.29, 1.82) is 0 Å². The van der Waals surface area contributed by atoms with Crippen LogP contribution in [0.4, 0.5) is 5.13 Å². The van der Waals surface area contributed by atoms with Crippen molar-refractivity contribution < 1.29 is 17.6 Å². The van der Waals surface area contributed by atoms with Crippen LogP contribution in [-0.4, -0.2) is 36.2 Å². The molecule has 0 radical (unpaired) electrons. The summed E-state index contributed by atoms with van der Waals surface area (Å²) in [5, 5.41) is 0.567. The van der Waals surface area contributed by atoms with Crippen molar-refractivity contribution in [3.05, 3.63) is 77.7 Å². The molecule has 0 N–H and O–H groups in total. The van der Waals surface area contributed by atoms with Crippen molar-refractivity contribution in [3.8, 4) is 0 Å². The standard InChI is InChI=1S/C28H31N3O4S2/c1-3-31(22-10-5-4-6-11-22)37(33,34)24-16-14-21(15-17-24)27(32)30(19-23-12-8-18-35-23)28-29-26-20(2)9-7-13-25(26)36-28/h7-9,12-18,22H,3-6,10-11,19H2,1-2H3. The maximum Gasteiger partial charge on any atom is 0.260 e. The van der Waals surface area contributed by atoms with Gasteiger partial charge in [0.1, 0.15) is 5.76 Å². The van der Waals surface area contributed by atoms with Gasteiger partial charge in [0, 0.05) is 18.2 Å². The van der Waals surface area contributed by atoms with Crippen molar-refractivity contribution in [1.82, 2.24) is 9.29 Å². The third-order valence-corrected chi connectivity index (χ3v) is 10.1. The molecule has 0 atom stereocenters. The molecule has 37 heavy (non-hydrogen) atoms. The summed E-state index contributed by atoms with van der Waals surface area (Å²) < 4.78 is 35.0. The lowest BCUT2D eigenvalue weighted by Crippen LogP contribution is -2.41. The van der Waals surface area contributed by atoms with Crippen molar-refractivity contribution in [3.63, 3.8) is 0 Å². The Bertz CT molecular complexity index is 1470. The minimum absolute atomic E-state index is 0.0383. The van der Waals surface area contributed by atoms with Gasteiger partial charge in [0.05, 0.1) is 27.9 Å². The van der Waals surface area contributed by atoms with E-state index in [0.29, 0.717) is 23.0 Å². The lowest BCUT2D eigenvalue weighted by molar-refractivity contribution is 0.0983. The lowest BCUT2D eigenvalue weighted by atomic mass is 9.95. The number of thiazole rings is 1. The Morgan fingerprint density at radius 1 is 1.05 bits per heavy atom. The number of carbonyl (C=O) groups excluding carboxylic acids is 1. The van der Waals surface area contributed by atoms with Crippen molar-refractivity contribution in [2.24, 2.45) is 0 Å². The second-order valence-electron chi connectivity index (χ2n) is 9.41. The van der Waals surface area contributed by atoms with E-state index < -0.39 is 10.0 Å². The number of anilines is 1. The Morgan fingerprint density at radius 2 is 1.81 bits per heavy atom. The second-order valence-corrected chi connectivity index (χ2v) is 12.3. The average molecular weight is 538 g/mol. The van der Waals surface area contributed by atoms with Gasteiger partial charge in [-0.1, -0.05) is 49.7 Å². The van der Waals surface area contributed by atoms with Gasteiger partial charge in [-0.05, 0) is 67.8 Å². The summed E-state index contributed by atoms with van der Waals surface area (Å²) in [6, 6.07) is 15.9. The number of hydrogen-bond acceptors (Lipinski definition) is 6. The minimum atomic E-state index is -3.65. The molecule has 1 aliphatic carbocycles.